The molecule has 0 atom stereocenters. The van der Waals surface area contributed by atoms with Crippen LogP contribution in [0.2, 0.25) is 0 Å². The molecule has 0 saturated carbocycles. The van der Waals surface area contributed by atoms with Crippen molar-refractivity contribution in [1.82, 2.24) is 4.90 Å². The molecule has 3 aromatic carbocycles. The van der Waals surface area contributed by atoms with Gasteiger partial charge in [0.05, 0.1) is 10.6 Å². The summed E-state index contributed by atoms with van der Waals surface area (Å²) >= 11 is 0. The normalized spacial score (nSPS) is 15.6. The molecule has 32 heavy (non-hydrogen) atoms. The van der Waals surface area contributed by atoms with E-state index >= 15 is 0 Å². The molecule has 6 heteroatoms. The lowest BCUT2D eigenvalue weighted by molar-refractivity contribution is 0.206. The average molecular weight is 453 g/mol. The Morgan fingerprint density at radius 2 is 1.59 bits per heavy atom. The van der Waals surface area contributed by atoms with Gasteiger partial charge >= 0.3 is 0 Å². The van der Waals surface area contributed by atoms with Crippen LogP contribution in [0.5, 0.6) is 0 Å². The standard InChI is InChI=1S/C26H29FN2O2S/c1-20-9-11-24(12-10-20)29(32(30,31)26-8-3-5-21(2)17-26)25-13-15-28(16-14-25)19-22-6-4-7-23(27)18-22/h3-12,17-18,25H,13-16,19H2,1-2H3. The summed E-state index contributed by atoms with van der Waals surface area (Å²) in [4.78, 5) is 2.58. The van der Waals surface area contributed by atoms with Gasteiger partial charge in [0.2, 0.25) is 0 Å². The van der Waals surface area contributed by atoms with Crippen molar-refractivity contribution < 1.29 is 12.8 Å². The lowest BCUT2D eigenvalue weighted by Gasteiger charge is -2.39. The van der Waals surface area contributed by atoms with Crippen molar-refractivity contribution in [3.63, 3.8) is 0 Å². The highest BCUT2D eigenvalue weighted by Crippen LogP contribution is 2.31. The summed E-state index contributed by atoms with van der Waals surface area (Å²) < 4.78 is 42.6. The molecule has 1 aliphatic rings. The molecule has 1 fully saturated rings. The minimum absolute atomic E-state index is 0.132. The summed E-state index contributed by atoms with van der Waals surface area (Å²) in [7, 11) is -3.71. The van der Waals surface area contributed by atoms with E-state index in [-0.39, 0.29) is 11.9 Å². The summed E-state index contributed by atoms with van der Waals surface area (Å²) in [5.41, 5.74) is 3.64. The number of hydrogen-bond donors (Lipinski definition) is 0. The number of nitrogens with zero attached hydrogens (tertiary/aromatic N) is 2. The number of aryl methyl sites for hydroxylation is 2. The zero-order chi connectivity index (χ0) is 22.7. The predicted molar refractivity (Wildman–Crippen MR) is 127 cm³/mol. The molecule has 1 aliphatic heterocycles. The number of halogens is 1. The largest absolute Gasteiger partial charge is 0.299 e. The molecule has 0 spiro atoms. The third-order valence-corrected chi connectivity index (χ3v) is 7.90. The number of rotatable bonds is 6. The van der Waals surface area contributed by atoms with Crippen LogP contribution in [0.4, 0.5) is 10.1 Å². The molecule has 4 rings (SSSR count). The quantitative estimate of drug-likeness (QED) is 0.509. The topological polar surface area (TPSA) is 40.6 Å². The minimum Gasteiger partial charge on any atom is -0.299 e. The number of hydrogen-bond acceptors (Lipinski definition) is 3. The van der Waals surface area contributed by atoms with E-state index in [4.69, 9.17) is 0 Å². The van der Waals surface area contributed by atoms with Gasteiger partial charge in [-0.15, -0.1) is 0 Å². The Morgan fingerprint density at radius 3 is 2.25 bits per heavy atom. The molecule has 0 bridgehead atoms. The van der Waals surface area contributed by atoms with Gasteiger partial charge in [-0.05, 0) is 74.2 Å². The SMILES string of the molecule is Cc1ccc(N(C2CCN(Cc3cccc(F)c3)CC2)S(=O)(=O)c2cccc(C)c2)cc1. The van der Waals surface area contributed by atoms with Gasteiger partial charge in [-0.1, -0.05) is 42.0 Å². The lowest BCUT2D eigenvalue weighted by atomic mass is 10.0. The molecular weight excluding hydrogens is 423 g/mol. The Bertz CT molecular complexity index is 1170. The van der Waals surface area contributed by atoms with E-state index < -0.39 is 10.0 Å². The van der Waals surface area contributed by atoms with Gasteiger partial charge in [0.15, 0.2) is 0 Å². The van der Waals surface area contributed by atoms with Crippen LogP contribution < -0.4 is 4.31 Å². The molecule has 0 aliphatic carbocycles. The second kappa shape index (κ2) is 9.43. The Labute approximate surface area is 190 Å². The van der Waals surface area contributed by atoms with Crippen LogP contribution in [-0.2, 0) is 16.6 Å². The molecule has 3 aromatic rings. The van der Waals surface area contributed by atoms with Crippen LogP contribution in [0, 0.1) is 19.7 Å². The van der Waals surface area contributed by atoms with Crippen molar-refractivity contribution in [2.24, 2.45) is 0 Å². The first kappa shape index (κ1) is 22.5. The summed E-state index contributed by atoms with van der Waals surface area (Å²) in [5, 5.41) is 0. The van der Waals surface area contributed by atoms with E-state index in [1.165, 1.54) is 6.07 Å². The fraction of sp³-hybridized carbons (Fsp3) is 0.308. The highest BCUT2D eigenvalue weighted by molar-refractivity contribution is 7.92. The smallest absolute Gasteiger partial charge is 0.264 e. The third-order valence-electron chi connectivity index (χ3n) is 6.02. The zero-order valence-electron chi connectivity index (χ0n) is 18.5. The van der Waals surface area contributed by atoms with Crippen molar-refractivity contribution in [1.29, 1.82) is 0 Å². The van der Waals surface area contributed by atoms with E-state index in [1.54, 1.807) is 34.6 Å². The van der Waals surface area contributed by atoms with Crippen LogP contribution in [-0.4, -0.2) is 32.4 Å². The fourth-order valence-electron chi connectivity index (χ4n) is 4.33. The molecule has 168 valence electrons. The number of piperidine rings is 1. The molecular formula is C26H29FN2O2S. The van der Waals surface area contributed by atoms with Crippen LogP contribution in [0.3, 0.4) is 0 Å². The monoisotopic (exact) mass is 452 g/mol. The van der Waals surface area contributed by atoms with Gasteiger partial charge in [-0.3, -0.25) is 9.21 Å². The van der Waals surface area contributed by atoms with Crippen molar-refractivity contribution >= 4 is 15.7 Å². The highest BCUT2D eigenvalue weighted by Gasteiger charge is 2.34. The van der Waals surface area contributed by atoms with Gasteiger partial charge in [-0.25, -0.2) is 12.8 Å². The van der Waals surface area contributed by atoms with E-state index in [0.29, 0.717) is 30.0 Å². The predicted octanol–water partition coefficient (Wildman–Crippen LogP) is 5.30. The summed E-state index contributed by atoms with van der Waals surface area (Å²) in [6, 6.07) is 21.3. The Balaban J connectivity index is 1.58. The molecule has 0 amide bonds. The molecule has 1 saturated heterocycles. The van der Waals surface area contributed by atoms with Crippen LogP contribution in [0.25, 0.3) is 0 Å². The van der Waals surface area contributed by atoms with E-state index in [2.05, 4.69) is 4.90 Å². The Kier molecular flexibility index (Phi) is 6.63. The number of likely N-dealkylation sites (tertiary alicyclic amines) is 1. The second-order valence-corrected chi connectivity index (χ2v) is 10.4. The lowest BCUT2D eigenvalue weighted by Crippen LogP contribution is -2.47. The average Bonchev–Trinajstić information content (AvgIpc) is 2.76. The first-order valence-corrected chi connectivity index (χ1v) is 12.4. The van der Waals surface area contributed by atoms with Crippen molar-refractivity contribution in [3.05, 3.63) is 95.3 Å². The molecule has 0 N–H and O–H groups in total. The van der Waals surface area contributed by atoms with Crippen LogP contribution in [0.15, 0.2) is 77.7 Å². The van der Waals surface area contributed by atoms with E-state index in [9.17, 15) is 12.8 Å². The summed E-state index contributed by atoms with van der Waals surface area (Å²) in [5.74, 6) is -0.229. The minimum atomic E-state index is -3.71. The van der Waals surface area contributed by atoms with Gasteiger partial charge in [0.25, 0.3) is 10.0 Å². The molecule has 0 unspecified atom stereocenters. The van der Waals surface area contributed by atoms with Gasteiger partial charge in [0, 0.05) is 25.7 Å². The summed E-state index contributed by atoms with van der Waals surface area (Å²) in [6.07, 6.45) is 1.43. The van der Waals surface area contributed by atoms with Gasteiger partial charge in [-0.2, -0.15) is 0 Å². The molecule has 4 nitrogen and oxygen atoms in total. The third kappa shape index (κ3) is 5.03. The Morgan fingerprint density at radius 1 is 0.906 bits per heavy atom. The van der Waals surface area contributed by atoms with Crippen LogP contribution in [0.1, 0.15) is 29.5 Å². The maximum absolute atomic E-state index is 13.7. The van der Waals surface area contributed by atoms with Gasteiger partial charge in [0.1, 0.15) is 5.82 Å². The molecule has 0 aromatic heterocycles. The number of anilines is 1. The first-order valence-electron chi connectivity index (χ1n) is 11.0. The highest BCUT2D eigenvalue weighted by atomic mass is 32.2. The fourth-order valence-corrected chi connectivity index (χ4v) is 6.15. The van der Waals surface area contributed by atoms with E-state index in [0.717, 1.165) is 29.8 Å². The van der Waals surface area contributed by atoms with E-state index in [1.807, 2.05) is 50.2 Å². The molecule has 1 heterocycles. The number of sulfonamides is 1. The van der Waals surface area contributed by atoms with Crippen LogP contribution >= 0.6 is 0 Å². The summed E-state index contributed by atoms with van der Waals surface area (Å²) in [6.45, 7) is 6.08. The molecule has 0 radical (unpaired) electrons. The maximum atomic E-state index is 13.7. The second-order valence-electron chi connectivity index (χ2n) is 8.59. The van der Waals surface area contributed by atoms with Crippen molar-refractivity contribution in [2.75, 3.05) is 17.4 Å². The van der Waals surface area contributed by atoms with Gasteiger partial charge < -0.3 is 0 Å². The first-order chi connectivity index (χ1) is 15.3. The van der Waals surface area contributed by atoms with Crippen molar-refractivity contribution in [2.45, 2.75) is 44.2 Å². The Hall–Kier alpha value is -2.70. The maximum Gasteiger partial charge on any atom is 0.264 e. The van der Waals surface area contributed by atoms with Crippen molar-refractivity contribution in [3.8, 4) is 0 Å². The zero-order valence-corrected chi connectivity index (χ0v) is 19.4. The number of benzene rings is 3.